The number of aromatic nitrogens is 2. The SMILES string of the molecule is Cc1ccccc1N=C1NC(=O)/C(=C\c2ccc(OCc3nccn3C)cc2)S1. The summed E-state index contributed by atoms with van der Waals surface area (Å²) < 4.78 is 7.69. The fourth-order valence-electron chi connectivity index (χ4n) is 2.77. The lowest BCUT2D eigenvalue weighted by atomic mass is 10.2. The number of benzene rings is 2. The van der Waals surface area contributed by atoms with Crippen molar-refractivity contribution >= 4 is 34.6 Å². The number of amides is 1. The molecule has 0 radical (unpaired) electrons. The molecule has 7 heteroatoms. The summed E-state index contributed by atoms with van der Waals surface area (Å²) in [6, 6.07) is 15.4. The van der Waals surface area contributed by atoms with E-state index < -0.39 is 0 Å². The molecule has 29 heavy (non-hydrogen) atoms. The molecule has 0 aliphatic carbocycles. The maximum absolute atomic E-state index is 12.3. The first-order valence-electron chi connectivity index (χ1n) is 9.13. The maximum atomic E-state index is 12.3. The van der Waals surface area contributed by atoms with Crippen LogP contribution < -0.4 is 10.1 Å². The number of nitrogens with one attached hydrogen (secondary N) is 1. The number of hydrogen-bond acceptors (Lipinski definition) is 5. The number of carbonyl (C=O) groups excluding carboxylic acids is 1. The first-order chi connectivity index (χ1) is 14.1. The van der Waals surface area contributed by atoms with Crippen LogP contribution in [0.5, 0.6) is 5.75 Å². The Labute approximate surface area is 173 Å². The van der Waals surface area contributed by atoms with E-state index in [1.54, 1.807) is 6.20 Å². The molecule has 0 atom stereocenters. The van der Waals surface area contributed by atoms with Gasteiger partial charge in [-0.1, -0.05) is 30.3 Å². The smallest absolute Gasteiger partial charge is 0.264 e. The van der Waals surface area contributed by atoms with Gasteiger partial charge in [-0.05, 0) is 54.1 Å². The number of thioether (sulfide) groups is 1. The van der Waals surface area contributed by atoms with Crippen molar-refractivity contribution in [3.8, 4) is 5.75 Å². The molecule has 0 unspecified atom stereocenters. The number of imidazole rings is 1. The molecule has 146 valence electrons. The van der Waals surface area contributed by atoms with Crippen LogP contribution in [-0.4, -0.2) is 20.6 Å². The number of hydrogen-bond donors (Lipinski definition) is 1. The zero-order chi connectivity index (χ0) is 20.2. The lowest BCUT2D eigenvalue weighted by Crippen LogP contribution is -2.19. The lowest BCUT2D eigenvalue weighted by Gasteiger charge is -2.06. The van der Waals surface area contributed by atoms with Crippen molar-refractivity contribution in [3.63, 3.8) is 0 Å². The fourth-order valence-corrected chi connectivity index (χ4v) is 3.61. The van der Waals surface area contributed by atoms with Crippen LogP contribution in [0.3, 0.4) is 0 Å². The van der Waals surface area contributed by atoms with E-state index in [-0.39, 0.29) is 5.91 Å². The Bertz CT molecular complexity index is 1100. The molecule has 0 spiro atoms. The molecule has 6 nitrogen and oxygen atoms in total. The third-order valence-electron chi connectivity index (χ3n) is 4.46. The van der Waals surface area contributed by atoms with Gasteiger partial charge < -0.3 is 14.6 Å². The van der Waals surface area contributed by atoms with Gasteiger partial charge in [0.15, 0.2) is 5.17 Å². The minimum Gasteiger partial charge on any atom is -0.486 e. The number of amidine groups is 1. The van der Waals surface area contributed by atoms with Gasteiger partial charge in [-0.3, -0.25) is 4.79 Å². The van der Waals surface area contributed by atoms with Gasteiger partial charge >= 0.3 is 0 Å². The summed E-state index contributed by atoms with van der Waals surface area (Å²) in [5.74, 6) is 1.47. The summed E-state index contributed by atoms with van der Waals surface area (Å²) >= 11 is 1.34. The Morgan fingerprint density at radius 3 is 2.72 bits per heavy atom. The summed E-state index contributed by atoms with van der Waals surface area (Å²) in [4.78, 5) is 21.7. The van der Waals surface area contributed by atoms with E-state index in [1.807, 2.05) is 79.3 Å². The summed E-state index contributed by atoms with van der Waals surface area (Å²) in [6.07, 6.45) is 5.48. The molecule has 1 aliphatic rings. The molecule has 1 saturated heterocycles. The van der Waals surface area contributed by atoms with Crippen molar-refractivity contribution in [1.82, 2.24) is 14.9 Å². The largest absolute Gasteiger partial charge is 0.486 e. The van der Waals surface area contributed by atoms with E-state index in [1.165, 1.54) is 11.8 Å². The number of ether oxygens (including phenoxy) is 1. The summed E-state index contributed by atoms with van der Waals surface area (Å²) in [6.45, 7) is 2.40. The molecule has 1 amide bonds. The zero-order valence-electron chi connectivity index (χ0n) is 16.1. The summed E-state index contributed by atoms with van der Waals surface area (Å²) in [5, 5.41) is 3.41. The Balaban J connectivity index is 1.43. The molecule has 0 bridgehead atoms. The predicted octanol–water partition coefficient (Wildman–Crippen LogP) is 4.20. The third-order valence-corrected chi connectivity index (χ3v) is 5.36. The van der Waals surface area contributed by atoms with Crippen molar-refractivity contribution < 1.29 is 9.53 Å². The minimum atomic E-state index is -0.141. The fraction of sp³-hybridized carbons (Fsp3) is 0.136. The van der Waals surface area contributed by atoms with E-state index in [4.69, 9.17) is 4.74 Å². The molecule has 1 aromatic heterocycles. The average molecular weight is 404 g/mol. The predicted molar refractivity (Wildman–Crippen MR) is 116 cm³/mol. The Hall–Kier alpha value is -3.32. The highest BCUT2D eigenvalue weighted by molar-refractivity contribution is 8.18. The number of para-hydroxylation sites is 1. The van der Waals surface area contributed by atoms with Crippen LogP contribution in [0.2, 0.25) is 0 Å². The monoisotopic (exact) mass is 404 g/mol. The van der Waals surface area contributed by atoms with Crippen molar-refractivity contribution in [2.75, 3.05) is 0 Å². The molecule has 4 rings (SSSR count). The van der Waals surface area contributed by atoms with Crippen LogP contribution in [0.25, 0.3) is 6.08 Å². The molecule has 0 saturated carbocycles. The van der Waals surface area contributed by atoms with E-state index in [9.17, 15) is 4.79 Å². The van der Waals surface area contributed by atoms with Crippen LogP contribution in [0.1, 0.15) is 17.0 Å². The van der Waals surface area contributed by atoms with Gasteiger partial charge in [0.25, 0.3) is 5.91 Å². The molecular formula is C22H20N4O2S. The van der Waals surface area contributed by atoms with Gasteiger partial charge in [0.05, 0.1) is 10.6 Å². The number of carbonyl (C=O) groups is 1. The van der Waals surface area contributed by atoms with Gasteiger partial charge in [0.1, 0.15) is 18.2 Å². The minimum absolute atomic E-state index is 0.141. The first kappa shape index (κ1) is 19.0. The van der Waals surface area contributed by atoms with E-state index in [0.717, 1.165) is 28.4 Å². The van der Waals surface area contributed by atoms with Crippen molar-refractivity contribution in [2.45, 2.75) is 13.5 Å². The van der Waals surface area contributed by atoms with Gasteiger partial charge in [0, 0.05) is 19.4 Å². The van der Waals surface area contributed by atoms with E-state index in [2.05, 4.69) is 15.3 Å². The second-order valence-corrected chi connectivity index (χ2v) is 7.61. The molecule has 1 N–H and O–H groups in total. The van der Waals surface area contributed by atoms with Crippen LogP contribution in [0, 0.1) is 6.92 Å². The topological polar surface area (TPSA) is 68.5 Å². The standard InChI is InChI=1S/C22H20N4O2S/c1-15-5-3-4-6-18(15)24-22-25-21(27)19(29-22)13-16-7-9-17(10-8-16)28-14-20-23-11-12-26(20)2/h3-13H,14H2,1-2H3,(H,24,25,27)/b19-13+. The normalized spacial score (nSPS) is 16.4. The van der Waals surface area contributed by atoms with Crippen LogP contribution in [0.4, 0.5) is 5.69 Å². The molecule has 3 aromatic rings. The molecule has 1 aliphatic heterocycles. The maximum Gasteiger partial charge on any atom is 0.264 e. The molecule has 1 fully saturated rings. The quantitative estimate of drug-likeness (QED) is 0.647. The van der Waals surface area contributed by atoms with Gasteiger partial charge in [-0.2, -0.15) is 0 Å². The molecule has 2 heterocycles. The van der Waals surface area contributed by atoms with Crippen LogP contribution in [0.15, 0.2) is 70.8 Å². The van der Waals surface area contributed by atoms with E-state index in [0.29, 0.717) is 16.7 Å². The average Bonchev–Trinajstić information content (AvgIpc) is 3.28. The van der Waals surface area contributed by atoms with Gasteiger partial charge in [-0.25, -0.2) is 9.98 Å². The first-order valence-corrected chi connectivity index (χ1v) is 9.94. The lowest BCUT2D eigenvalue weighted by molar-refractivity contribution is -0.115. The summed E-state index contributed by atoms with van der Waals surface area (Å²) in [7, 11) is 1.93. The Kier molecular flexibility index (Phi) is 5.48. The second kappa shape index (κ2) is 8.36. The third kappa shape index (κ3) is 4.57. The Morgan fingerprint density at radius 2 is 2.00 bits per heavy atom. The van der Waals surface area contributed by atoms with Gasteiger partial charge in [-0.15, -0.1) is 0 Å². The number of aryl methyl sites for hydroxylation is 2. The second-order valence-electron chi connectivity index (χ2n) is 6.58. The highest BCUT2D eigenvalue weighted by atomic mass is 32.2. The number of aliphatic imine (C=N–C) groups is 1. The summed E-state index contributed by atoms with van der Waals surface area (Å²) in [5.41, 5.74) is 2.84. The highest BCUT2D eigenvalue weighted by Crippen LogP contribution is 2.29. The highest BCUT2D eigenvalue weighted by Gasteiger charge is 2.23. The van der Waals surface area contributed by atoms with Crippen LogP contribution >= 0.6 is 11.8 Å². The zero-order valence-corrected chi connectivity index (χ0v) is 16.9. The van der Waals surface area contributed by atoms with Gasteiger partial charge in [0.2, 0.25) is 0 Å². The molecular weight excluding hydrogens is 384 g/mol. The van der Waals surface area contributed by atoms with Crippen molar-refractivity contribution in [2.24, 2.45) is 12.0 Å². The van der Waals surface area contributed by atoms with Crippen molar-refractivity contribution in [1.29, 1.82) is 0 Å². The van der Waals surface area contributed by atoms with Crippen LogP contribution in [-0.2, 0) is 18.4 Å². The van der Waals surface area contributed by atoms with E-state index >= 15 is 0 Å². The number of nitrogens with zero attached hydrogens (tertiary/aromatic N) is 3. The molecule has 2 aromatic carbocycles. The van der Waals surface area contributed by atoms with Crippen molar-refractivity contribution in [3.05, 3.63) is 82.8 Å². The Morgan fingerprint density at radius 1 is 1.21 bits per heavy atom. The number of rotatable bonds is 5.